The number of cyclic esters (lactones) is 1. The van der Waals surface area contributed by atoms with Crippen molar-refractivity contribution >= 4 is 40.8 Å². The molecule has 248 valence electrons. The smallest absolute Gasteiger partial charge is 0.385 e. The summed E-state index contributed by atoms with van der Waals surface area (Å²) >= 11 is 0. The molecule has 0 radical (unpaired) electrons. The molecule has 8 bridgehead atoms. The molecular formula is C37H38N4O7. The maximum Gasteiger partial charge on any atom is 0.385 e. The average molecular weight is 651 g/mol. The number of carbonyl (C=O) groups excluding carboxylic acids is 3. The SMILES string of the molecule is C=CC1=C(C)C2=CC3=NC(=C4C5=NC(=CC6=NC(=CC1=N2)C(C)=C6CC)C(C)=C5C(=O)O[C@]4(OC)C(=O)OC)[C@@H](CCC(=O)OC)[C@@H]3C. The molecule has 6 heterocycles. The molecule has 0 aromatic carbocycles. The predicted molar refractivity (Wildman–Crippen MR) is 181 cm³/mol. The zero-order valence-corrected chi connectivity index (χ0v) is 28.4. The third-order valence-electron chi connectivity index (χ3n) is 9.87. The van der Waals surface area contributed by atoms with Crippen LogP contribution < -0.4 is 0 Å². The fraction of sp³-hybridized carbons (Fsp3) is 0.378. The Morgan fingerprint density at radius 2 is 1.60 bits per heavy atom. The van der Waals surface area contributed by atoms with Crippen LogP contribution in [0, 0.1) is 11.8 Å². The minimum atomic E-state index is -2.31. The lowest BCUT2D eigenvalue weighted by molar-refractivity contribution is -0.219. The van der Waals surface area contributed by atoms with E-state index in [9.17, 15) is 14.4 Å². The molecule has 1 fully saturated rings. The third kappa shape index (κ3) is 4.87. The average Bonchev–Trinajstić information content (AvgIpc) is 3.75. The molecule has 0 unspecified atom stereocenters. The van der Waals surface area contributed by atoms with Gasteiger partial charge in [-0.3, -0.25) is 9.79 Å². The van der Waals surface area contributed by atoms with Crippen LogP contribution in [0.25, 0.3) is 0 Å². The Bertz CT molecular complexity index is 1960. The Morgan fingerprint density at radius 1 is 0.938 bits per heavy atom. The van der Waals surface area contributed by atoms with E-state index in [0.29, 0.717) is 46.9 Å². The third-order valence-corrected chi connectivity index (χ3v) is 9.87. The highest BCUT2D eigenvalue weighted by molar-refractivity contribution is 6.34. The van der Waals surface area contributed by atoms with Gasteiger partial charge in [-0.05, 0) is 74.1 Å². The van der Waals surface area contributed by atoms with Gasteiger partial charge in [-0.1, -0.05) is 26.5 Å². The summed E-state index contributed by atoms with van der Waals surface area (Å²) in [4.78, 5) is 59.9. The first-order chi connectivity index (χ1) is 22.9. The summed E-state index contributed by atoms with van der Waals surface area (Å²) in [6.45, 7) is 13.9. The minimum absolute atomic E-state index is 0.0831. The molecule has 0 saturated carbocycles. The monoisotopic (exact) mass is 650 g/mol. The quantitative estimate of drug-likeness (QED) is 0.260. The van der Waals surface area contributed by atoms with Crippen molar-refractivity contribution in [1.82, 2.24) is 0 Å². The molecule has 3 atom stereocenters. The van der Waals surface area contributed by atoms with Crippen LogP contribution in [0.1, 0.15) is 53.9 Å². The molecule has 6 aliphatic heterocycles. The van der Waals surface area contributed by atoms with Gasteiger partial charge in [0.25, 0.3) is 0 Å². The van der Waals surface area contributed by atoms with E-state index < -0.39 is 29.6 Å². The van der Waals surface area contributed by atoms with Gasteiger partial charge in [-0.15, -0.1) is 0 Å². The lowest BCUT2D eigenvalue weighted by atomic mass is 9.80. The summed E-state index contributed by atoms with van der Waals surface area (Å²) in [7, 11) is 3.79. The van der Waals surface area contributed by atoms with Gasteiger partial charge in [0.1, 0.15) is 0 Å². The Kier molecular flexibility index (Phi) is 8.36. The summed E-state index contributed by atoms with van der Waals surface area (Å²) in [5.41, 5.74) is 9.41. The van der Waals surface area contributed by atoms with Crippen molar-refractivity contribution in [3.63, 3.8) is 0 Å². The first-order valence-corrected chi connectivity index (χ1v) is 15.9. The van der Waals surface area contributed by atoms with Crippen molar-refractivity contribution in [2.45, 2.75) is 59.7 Å². The number of hydrogen-bond acceptors (Lipinski definition) is 11. The first kappa shape index (κ1) is 32.9. The zero-order valence-electron chi connectivity index (χ0n) is 28.4. The van der Waals surface area contributed by atoms with Gasteiger partial charge in [-0.25, -0.2) is 24.6 Å². The van der Waals surface area contributed by atoms with E-state index in [4.69, 9.17) is 38.9 Å². The van der Waals surface area contributed by atoms with Crippen molar-refractivity contribution < 1.29 is 33.3 Å². The Balaban J connectivity index is 1.73. The second-order valence-corrected chi connectivity index (χ2v) is 12.3. The molecule has 6 aliphatic rings. The van der Waals surface area contributed by atoms with E-state index in [1.165, 1.54) is 21.3 Å². The molecular weight excluding hydrogens is 612 g/mol. The number of esters is 3. The molecule has 11 nitrogen and oxygen atoms in total. The zero-order chi connectivity index (χ0) is 34.7. The highest BCUT2D eigenvalue weighted by atomic mass is 16.7. The maximum absolute atomic E-state index is 13.8. The molecule has 0 spiro atoms. The van der Waals surface area contributed by atoms with E-state index in [2.05, 4.69) is 13.5 Å². The molecule has 0 N–H and O–H groups in total. The van der Waals surface area contributed by atoms with Crippen molar-refractivity contribution in [3.8, 4) is 0 Å². The highest BCUT2D eigenvalue weighted by Gasteiger charge is 2.59. The molecule has 48 heavy (non-hydrogen) atoms. The largest absolute Gasteiger partial charge is 0.469 e. The van der Waals surface area contributed by atoms with Gasteiger partial charge in [-0.2, -0.15) is 0 Å². The number of nitrogens with zero attached hydrogens (tertiary/aromatic N) is 4. The molecule has 0 aromatic rings. The predicted octanol–water partition coefficient (Wildman–Crippen LogP) is 5.55. The second kappa shape index (κ2) is 12.2. The first-order valence-electron chi connectivity index (χ1n) is 15.9. The summed E-state index contributed by atoms with van der Waals surface area (Å²) in [5, 5.41) is 0. The number of methoxy groups -OCH3 is 3. The number of allylic oxidation sites excluding steroid dienone is 10. The van der Waals surface area contributed by atoms with Gasteiger partial charge in [0.15, 0.2) is 0 Å². The van der Waals surface area contributed by atoms with Crippen molar-refractivity contribution in [3.05, 3.63) is 92.7 Å². The Hall–Kier alpha value is -5.03. The van der Waals surface area contributed by atoms with Crippen LogP contribution in [-0.4, -0.2) is 67.9 Å². The van der Waals surface area contributed by atoms with Crippen LogP contribution in [0.4, 0.5) is 0 Å². The maximum atomic E-state index is 13.8. The van der Waals surface area contributed by atoms with Crippen LogP contribution in [0.15, 0.2) is 113 Å². The van der Waals surface area contributed by atoms with Crippen LogP contribution in [0.5, 0.6) is 0 Å². The lowest BCUT2D eigenvalue weighted by Crippen LogP contribution is -2.54. The van der Waals surface area contributed by atoms with Gasteiger partial charge >= 0.3 is 23.7 Å². The molecule has 6 rings (SSSR count). The van der Waals surface area contributed by atoms with Crippen LogP contribution >= 0.6 is 0 Å². The lowest BCUT2D eigenvalue weighted by Gasteiger charge is -2.36. The van der Waals surface area contributed by atoms with E-state index in [-0.39, 0.29) is 29.2 Å². The Labute approximate surface area is 279 Å². The fourth-order valence-corrected chi connectivity index (χ4v) is 7.10. The summed E-state index contributed by atoms with van der Waals surface area (Å²) in [6.07, 6.45) is 8.63. The second-order valence-electron chi connectivity index (χ2n) is 12.3. The minimum Gasteiger partial charge on any atom is -0.469 e. The van der Waals surface area contributed by atoms with Gasteiger partial charge in [0.2, 0.25) is 0 Å². The van der Waals surface area contributed by atoms with E-state index >= 15 is 0 Å². The van der Waals surface area contributed by atoms with Gasteiger partial charge < -0.3 is 18.9 Å². The summed E-state index contributed by atoms with van der Waals surface area (Å²) in [6, 6.07) is 0. The molecule has 0 aromatic heterocycles. The van der Waals surface area contributed by atoms with E-state index in [1.807, 2.05) is 39.0 Å². The number of aliphatic imine (C=N–C) groups is 4. The normalized spacial score (nSPS) is 26.1. The Morgan fingerprint density at radius 3 is 2.25 bits per heavy atom. The topological polar surface area (TPSA) is 138 Å². The number of ether oxygens (including phenoxy) is 4. The van der Waals surface area contributed by atoms with E-state index in [0.717, 1.165) is 33.7 Å². The summed E-state index contributed by atoms with van der Waals surface area (Å²) < 4.78 is 21.9. The number of carbonyl (C=O) groups is 3. The van der Waals surface area contributed by atoms with E-state index in [1.54, 1.807) is 13.0 Å². The van der Waals surface area contributed by atoms with Crippen LogP contribution in [0.2, 0.25) is 0 Å². The van der Waals surface area contributed by atoms with Crippen molar-refractivity contribution in [1.29, 1.82) is 0 Å². The highest BCUT2D eigenvalue weighted by Crippen LogP contribution is 2.48. The summed E-state index contributed by atoms with van der Waals surface area (Å²) in [5.74, 6) is -5.12. The van der Waals surface area contributed by atoms with Gasteiger partial charge in [0.05, 0.1) is 65.3 Å². The molecule has 1 saturated heterocycles. The number of rotatable bonds is 7. The number of hydrogen-bond donors (Lipinski definition) is 0. The van der Waals surface area contributed by atoms with Crippen molar-refractivity contribution in [2.75, 3.05) is 21.3 Å². The van der Waals surface area contributed by atoms with Crippen molar-refractivity contribution in [2.24, 2.45) is 31.8 Å². The number of fused-ring (bicyclic) bond motifs is 4. The van der Waals surface area contributed by atoms with Crippen LogP contribution in [0.3, 0.4) is 0 Å². The van der Waals surface area contributed by atoms with Gasteiger partial charge in [0, 0.05) is 36.7 Å². The molecule has 0 aliphatic carbocycles. The fourth-order valence-electron chi connectivity index (χ4n) is 7.10. The van der Waals surface area contributed by atoms with Crippen LogP contribution in [-0.2, 0) is 33.3 Å². The standard InChI is InChI=1S/C37H38N4O7/c1-10-21-17(3)24-14-26-19(5)23(12-13-30(42)45-7)33(40-26)32-34-31(35(43)48-37(32,47-9)36(44)46-8)20(6)27(41-34)16-29-22(11-2)18(4)25(39-29)15-28(21)38-24/h10,14-16,19,23H,1,11-13H2,2-9H3/t19-,23-,37-/m0/s1. The molecule has 11 heteroatoms. The molecule has 0 amide bonds.